The third kappa shape index (κ3) is 5.05. The largest absolute Gasteiger partial charge is 0.373 e. The van der Waals surface area contributed by atoms with Gasteiger partial charge in [0, 0.05) is 57.5 Å². The maximum absolute atomic E-state index is 13.0. The zero-order valence-electron chi connectivity index (χ0n) is 19.9. The van der Waals surface area contributed by atoms with E-state index in [1.54, 1.807) is 6.92 Å². The average molecular weight is 443 g/mol. The van der Waals surface area contributed by atoms with Crippen molar-refractivity contribution in [2.75, 3.05) is 45.1 Å². The summed E-state index contributed by atoms with van der Waals surface area (Å²) in [7, 11) is 1.90. The summed E-state index contributed by atoms with van der Waals surface area (Å²) in [6.07, 6.45) is 6.66. The molecule has 1 atom stereocenters. The molecule has 0 unspecified atom stereocenters. The Morgan fingerprint density at radius 1 is 1.06 bits per heavy atom. The van der Waals surface area contributed by atoms with Gasteiger partial charge in [-0.25, -0.2) is 9.97 Å². The summed E-state index contributed by atoms with van der Waals surface area (Å²) in [5.41, 5.74) is 2.13. The molecule has 0 aromatic carbocycles. The lowest BCUT2D eigenvalue weighted by atomic mass is 9.95. The van der Waals surface area contributed by atoms with Crippen molar-refractivity contribution in [2.45, 2.75) is 77.3 Å². The molecule has 3 aliphatic rings. The zero-order chi connectivity index (χ0) is 22.7. The number of nitrogens with one attached hydrogen (secondary N) is 1. The van der Waals surface area contributed by atoms with Crippen LogP contribution in [0.4, 0.5) is 5.82 Å². The van der Waals surface area contributed by atoms with Crippen LogP contribution in [0.5, 0.6) is 0 Å². The molecule has 3 aliphatic heterocycles. The van der Waals surface area contributed by atoms with Gasteiger partial charge in [0.05, 0.1) is 12.2 Å². The van der Waals surface area contributed by atoms with Crippen molar-refractivity contribution in [3.05, 3.63) is 17.1 Å². The molecule has 8 heteroatoms. The van der Waals surface area contributed by atoms with Crippen LogP contribution in [0.15, 0.2) is 0 Å². The van der Waals surface area contributed by atoms with E-state index in [0.29, 0.717) is 19.0 Å². The molecule has 2 saturated heterocycles. The van der Waals surface area contributed by atoms with Gasteiger partial charge in [0.15, 0.2) is 0 Å². The van der Waals surface area contributed by atoms with Gasteiger partial charge in [-0.05, 0) is 58.5 Å². The Bertz CT molecular complexity index is 830. The first-order chi connectivity index (χ1) is 15.5. The van der Waals surface area contributed by atoms with Gasteiger partial charge >= 0.3 is 0 Å². The highest BCUT2D eigenvalue weighted by Gasteiger charge is 2.29. The summed E-state index contributed by atoms with van der Waals surface area (Å²) in [6, 6.07) is 0.476. The van der Waals surface area contributed by atoms with E-state index in [2.05, 4.69) is 17.1 Å². The van der Waals surface area contributed by atoms with Gasteiger partial charge in [-0.3, -0.25) is 9.59 Å². The molecule has 4 heterocycles. The quantitative estimate of drug-likeness (QED) is 0.729. The van der Waals surface area contributed by atoms with E-state index in [1.165, 1.54) is 25.9 Å². The van der Waals surface area contributed by atoms with Crippen LogP contribution in [-0.4, -0.2) is 82.3 Å². The first-order valence-corrected chi connectivity index (χ1v) is 12.3. The summed E-state index contributed by atoms with van der Waals surface area (Å²) < 4.78 is 0. The van der Waals surface area contributed by atoms with E-state index in [1.807, 2.05) is 16.8 Å². The van der Waals surface area contributed by atoms with E-state index >= 15 is 0 Å². The number of fused-ring (bicyclic) bond motifs is 1. The minimum Gasteiger partial charge on any atom is -0.373 e. The van der Waals surface area contributed by atoms with Crippen LogP contribution >= 0.6 is 0 Å². The molecule has 0 radical (unpaired) electrons. The molecule has 32 heavy (non-hydrogen) atoms. The molecule has 2 amide bonds. The maximum atomic E-state index is 13.0. The van der Waals surface area contributed by atoms with Gasteiger partial charge in [-0.1, -0.05) is 0 Å². The third-order valence-corrected chi connectivity index (χ3v) is 7.52. The number of piperidine rings is 1. The fraction of sp³-hybridized carbons (Fsp3) is 0.750. The van der Waals surface area contributed by atoms with Crippen molar-refractivity contribution >= 4 is 17.6 Å². The number of anilines is 1. The smallest absolute Gasteiger partial charge is 0.222 e. The monoisotopic (exact) mass is 442 g/mol. The van der Waals surface area contributed by atoms with Gasteiger partial charge in [0.1, 0.15) is 11.6 Å². The normalized spacial score (nSPS) is 20.8. The summed E-state index contributed by atoms with van der Waals surface area (Å²) in [6.45, 7) is 9.05. The number of carbonyl (C=O) groups excluding carboxylic acids is 2. The zero-order valence-corrected chi connectivity index (χ0v) is 19.9. The minimum absolute atomic E-state index is 0.138. The van der Waals surface area contributed by atoms with Gasteiger partial charge in [0.2, 0.25) is 11.8 Å². The van der Waals surface area contributed by atoms with Crippen LogP contribution in [0.3, 0.4) is 0 Å². The fourth-order valence-electron chi connectivity index (χ4n) is 5.36. The molecule has 1 N–H and O–H groups in total. The Morgan fingerprint density at radius 3 is 2.44 bits per heavy atom. The number of nitrogens with zero attached hydrogens (tertiary/aromatic N) is 5. The standard InChI is InChI=1S/C24H38N6O2/c1-17(28-11-4-5-12-28)6-7-22(32)30-15-10-20-21(16-30)26-23(27-24(20)25-3)19-8-13-29(14-9-19)18(2)31/h17,19H,4-16H2,1-3H3,(H,25,26,27)/t17-/m1/s1. The number of likely N-dealkylation sites (tertiary alicyclic amines) is 2. The molecule has 8 nitrogen and oxygen atoms in total. The lowest BCUT2D eigenvalue weighted by Gasteiger charge is -2.33. The van der Waals surface area contributed by atoms with Crippen molar-refractivity contribution in [1.29, 1.82) is 0 Å². The molecule has 1 aromatic heterocycles. The van der Waals surface area contributed by atoms with Gasteiger partial charge < -0.3 is 20.0 Å². The van der Waals surface area contributed by atoms with Crippen LogP contribution in [0.2, 0.25) is 0 Å². The van der Waals surface area contributed by atoms with Crippen molar-refractivity contribution in [2.24, 2.45) is 0 Å². The predicted molar refractivity (Wildman–Crippen MR) is 124 cm³/mol. The Morgan fingerprint density at radius 2 is 1.78 bits per heavy atom. The fourth-order valence-corrected chi connectivity index (χ4v) is 5.36. The molecule has 0 spiro atoms. The van der Waals surface area contributed by atoms with Crippen LogP contribution in [0.1, 0.15) is 75.4 Å². The molecular weight excluding hydrogens is 404 g/mol. The Hall–Kier alpha value is -2.22. The Balaban J connectivity index is 1.40. The SMILES string of the molecule is CNc1nc(C2CCN(C(C)=O)CC2)nc2c1CCN(C(=O)CC[C@@H](C)N1CCCC1)C2. The molecule has 176 valence electrons. The summed E-state index contributed by atoms with van der Waals surface area (Å²) >= 11 is 0. The van der Waals surface area contributed by atoms with Crippen LogP contribution in [0.25, 0.3) is 0 Å². The molecule has 1 aromatic rings. The van der Waals surface area contributed by atoms with E-state index < -0.39 is 0 Å². The van der Waals surface area contributed by atoms with Gasteiger partial charge in [-0.15, -0.1) is 0 Å². The second-order valence-electron chi connectivity index (χ2n) is 9.58. The Kier molecular flexibility index (Phi) is 7.28. The van der Waals surface area contributed by atoms with E-state index in [-0.39, 0.29) is 17.7 Å². The highest BCUT2D eigenvalue weighted by Crippen LogP contribution is 2.30. The van der Waals surface area contributed by atoms with E-state index in [0.717, 1.165) is 68.2 Å². The lowest BCUT2D eigenvalue weighted by molar-refractivity contribution is -0.132. The summed E-state index contributed by atoms with van der Waals surface area (Å²) in [5.74, 6) is 2.39. The molecular formula is C24H38N6O2. The van der Waals surface area contributed by atoms with Crippen molar-refractivity contribution in [3.63, 3.8) is 0 Å². The maximum Gasteiger partial charge on any atom is 0.222 e. The van der Waals surface area contributed by atoms with Crippen molar-refractivity contribution < 1.29 is 9.59 Å². The third-order valence-electron chi connectivity index (χ3n) is 7.52. The average Bonchev–Trinajstić information content (AvgIpc) is 3.36. The number of rotatable bonds is 6. The topological polar surface area (TPSA) is 81.7 Å². The van der Waals surface area contributed by atoms with Crippen LogP contribution in [-0.2, 0) is 22.6 Å². The van der Waals surface area contributed by atoms with Crippen molar-refractivity contribution in [3.8, 4) is 0 Å². The Labute approximate surface area is 191 Å². The number of hydrogen-bond donors (Lipinski definition) is 1. The number of carbonyl (C=O) groups is 2. The van der Waals surface area contributed by atoms with Gasteiger partial charge in [0.25, 0.3) is 0 Å². The minimum atomic E-state index is 0.138. The summed E-state index contributed by atoms with van der Waals surface area (Å²) in [5, 5.41) is 3.25. The molecule has 4 rings (SSSR count). The second kappa shape index (κ2) is 10.1. The van der Waals surface area contributed by atoms with Crippen LogP contribution < -0.4 is 5.32 Å². The van der Waals surface area contributed by atoms with Crippen molar-refractivity contribution in [1.82, 2.24) is 24.7 Å². The predicted octanol–water partition coefficient (Wildman–Crippen LogP) is 2.39. The van der Waals surface area contributed by atoms with E-state index in [4.69, 9.17) is 9.97 Å². The van der Waals surface area contributed by atoms with Crippen LogP contribution in [0, 0.1) is 0 Å². The first-order valence-electron chi connectivity index (χ1n) is 12.3. The number of aromatic nitrogens is 2. The molecule has 0 bridgehead atoms. The van der Waals surface area contributed by atoms with Gasteiger partial charge in [-0.2, -0.15) is 0 Å². The first kappa shape index (κ1) is 23.0. The van der Waals surface area contributed by atoms with E-state index in [9.17, 15) is 9.59 Å². The number of amides is 2. The molecule has 2 fully saturated rings. The highest BCUT2D eigenvalue weighted by atomic mass is 16.2. The number of hydrogen-bond acceptors (Lipinski definition) is 6. The molecule has 0 aliphatic carbocycles. The summed E-state index contributed by atoms with van der Waals surface area (Å²) in [4.78, 5) is 40.8. The second-order valence-corrected chi connectivity index (χ2v) is 9.58. The highest BCUT2D eigenvalue weighted by molar-refractivity contribution is 5.76. The molecule has 0 saturated carbocycles. The lowest BCUT2D eigenvalue weighted by Crippen LogP contribution is -2.39.